The molecule has 108 valence electrons. The van der Waals surface area contributed by atoms with Crippen LogP contribution in [-0.4, -0.2) is 16.9 Å². The number of hydrogen-bond acceptors (Lipinski definition) is 4. The van der Waals surface area contributed by atoms with Crippen molar-refractivity contribution in [3.8, 4) is 27.4 Å². The third-order valence-electron chi connectivity index (χ3n) is 3.28. The Labute approximate surface area is 125 Å². The number of anilines is 1. The second kappa shape index (κ2) is 5.21. The number of nitrogens with two attached hydrogens (primary N) is 1. The molecule has 6 heteroatoms. The number of nitrogens with zero attached hydrogens (tertiary/aromatic N) is 2. The molecule has 0 saturated carbocycles. The minimum absolute atomic E-state index is 0.189. The molecule has 0 aliphatic heterocycles. The molecule has 0 radical (unpaired) electrons. The second-order valence-corrected chi connectivity index (χ2v) is 5.51. The molecule has 21 heavy (non-hydrogen) atoms. The number of aryl methyl sites for hydroxylation is 1. The maximum atomic E-state index is 13.6. The maximum absolute atomic E-state index is 13.6. The van der Waals surface area contributed by atoms with Crippen LogP contribution in [0.25, 0.3) is 21.7 Å². The minimum atomic E-state index is -0.400. The quantitative estimate of drug-likeness (QED) is 0.805. The van der Waals surface area contributed by atoms with Crippen molar-refractivity contribution in [3.05, 3.63) is 41.5 Å². The van der Waals surface area contributed by atoms with Crippen LogP contribution in [-0.2, 0) is 7.05 Å². The molecule has 4 nitrogen and oxygen atoms in total. The normalized spacial score (nSPS) is 10.8. The Morgan fingerprint density at radius 2 is 2.14 bits per heavy atom. The molecule has 2 heterocycles. The summed E-state index contributed by atoms with van der Waals surface area (Å²) in [6, 6.07) is 8.63. The van der Waals surface area contributed by atoms with Gasteiger partial charge in [0.05, 0.1) is 12.7 Å². The van der Waals surface area contributed by atoms with Gasteiger partial charge < -0.3 is 10.5 Å². The average Bonchev–Trinajstić information content (AvgIpc) is 3.09. The highest BCUT2D eigenvalue weighted by Crippen LogP contribution is 2.39. The van der Waals surface area contributed by atoms with Gasteiger partial charge in [0.25, 0.3) is 0 Å². The van der Waals surface area contributed by atoms with E-state index in [1.54, 1.807) is 35.2 Å². The Balaban J connectivity index is 2.22. The van der Waals surface area contributed by atoms with Crippen LogP contribution in [0.2, 0.25) is 0 Å². The number of nitrogen functional groups attached to an aromatic ring is 1. The lowest BCUT2D eigenvalue weighted by Crippen LogP contribution is -1.97. The molecule has 1 aromatic carbocycles. The lowest BCUT2D eigenvalue weighted by molar-refractivity contribution is 0.387. The van der Waals surface area contributed by atoms with Gasteiger partial charge in [-0.1, -0.05) is 6.07 Å². The van der Waals surface area contributed by atoms with Gasteiger partial charge in [-0.2, -0.15) is 5.10 Å². The van der Waals surface area contributed by atoms with E-state index in [-0.39, 0.29) is 5.75 Å². The summed E-state index contributed by atoms with van der Waals surface area (Å²) in [5.74, 6) is 0.368. The molecule has 0 saturated heterocycles. The fourth-order valence-corrected chi connectivity index (χ4v) is 2.99. The average molecular weight is 303 g/mol. The van der Waals surface area contributed by atoms with Crippen molar-refractivity contribution >= 4 is 17.2 Å². The van der Waals surface area contributed by atoms with E-state index in [0.717, 1.165) is 21.7 Å². The van der Waals surface area contributed by atoms with E-state index >= 15 is 0 Å². The zero-order valence-corrected chi connectivity index (χ0v) is 12.4. The summed E-state index contributed by atoms with van der Waals surface area (Å²) in [6.07, 6.45) is 0. The van der Waals surface area contributed by atoms with Gasteiger partial charge in [-0.05, 0) is 29.6 Å². The van der Waals surface area contributed by atoms with Crippen molar-refractivity contribution in [3.63, 3.8) is 0 Å². The summed E-state index contributed by atoms with van der Waals surface area (Å²) in [4.78, 5) is 1.03. The van der Waals surface area contributed by atoms with Crippen molar-refractivity contribution in [2.75, 3.05) is 12.8 Å². The standard InChI is InChI=1S/C15H14FN3OS/c1-19-15(17)13(12-4-3-7-21-12)14(18-19)9-5-6-10(16)11(8-9)20-2/h3-8H,17H2,1-2H3. The summed E-state index contributed by atoms with van der Waals surface area (Å²) < 4.78 is 20.2. The molecule has 0 aliphatic rings. The number of rotatable bonds is 3. The summed E-state index contributed by atoms with van der Waals surface area (Å²) in [6.45, 7) is 0. The largest absolute Gasteiger partial charge is 0.494 e. The zero-order valence-electron chi connectivity index (χ0n) is 11.6. The first-order chi connectivity index (χ1) is 10.1. The Morgan fingerprint density at radius 1 is 1.33 bits per heavy atom. The molecule has 3 rings (SSSR count). The summed E-state index contributed by atoms with van der Waals surface area (Å²) in [5, 5.41) is 6.44. The Kier molecular flexibility index (Phi) is 3.39. The van der Waals surface area contributed by atoms with Crippen molar-refractivity contribution in [2.45, 2.75) is 0 Å². The van der Waals surface area contributed by atoms with Crippen LogP contribution in [0.15, 0.2) is 35.7 Å². The van der Waals surface area contributed by atoms with E-state index in [1.807, 2.05) is 17.5 Å². The SMILES string of the molecule is COc1cc(-c2nn(C)c(N)c2-c2cccs2)ccc1F. The number of methoxy groups -OCH3 is 1. The first kappa shape index (κ1) is 13.6. The lowest BCUT2D eigenvalue weighted by atomic mass is 10.1. The molecule has 0 bridgehead atoms. The molecular weight excluding hydrogens is 289 g/mol. The predicted octanol–water partition coefficient (Wildman–Crippen LogP) is 3.55. The Hall–Kier alpha value is -2.34. The first-order valence-corrected chi connectivity index (χ1v) is 7.20. The number of hydrogen-bond donors (Lipinski definition) is 1. The number of ether oxygens (including phenoxy) is 1. The van der Waals surface area contributed by atoms with Gasteiger partial charge in [-0.25, -0.2) is 4.39 Å². The Morgan fingerprint density at radius 3 is 2.81 bits per heavy atom. The van der Waals surface area contributed by atoms with Crippen LogP contribution in [0.4, 0.5) is 10.2 Å². The van der Waals surface area contributed by atoms with Crippen molar-refractivity contribution in [1.82, 2.24) is 9.78 Å². The smallest absolute Gasteiger partial charge is 0.165 e. The zero-order chi connectivity index (χ0) is 15.0. The van der Waals surface area contributed by atoms with Gasteiger partial charge in [0, 0.05) is 17.5 Å². The predicted molar refractivity (Wildman–Crippen MR) is 82.9 cm³/mol. The van der Waals surface area contributed by atoms with Crippen molar-refractivity contribution in [2.24, 2.45) is 7.05 Å². The minimum Gasteiger partial charge on any atom is -0.494 e. The number of thiophene rings is 1. The van der Waals surface area contributed by atoms with Crippen LogP contribution >= 0.6 is 11.3 Å². The molecule has 0 spiro atoms. The molecule has 0 fully saturated rings. The topological polar surface area (TPSA) is 53.1 Å². The van der Waals surface area contributed by atoms with Gasteiger partial charge in [-0.15, -0.1) is 11.3 Å². The van der Waals surface area contributed by atoms with Gasteiger partial charge in [0.15, 0.2) is 11.6 Å². The monoisotopic (exact) mass is 303 g/mol. The van der Waals surface area contributed by atoms with E-state index in [4.69, 9.17) is 10.5 Å². The third-order valence-corrected chi connectivity index (χ3v) is 4.17. The number of halogens is 1. The summed E-state index contributed by atoms with van der Waals surface area (Å²) >= 11 is 1.59. The highest BCUT2D eigenvalue weighted by Gasteiger charge is 2.19. The van der Waals surface area contributed by atoms with Gasteiger partial charge in [0.1, 0.15) is 11.5 Å². The van der Waals surface area contributed by atoms with Crippen LogP contribution in [0.3, 0.4) is 0 Å². The molecule has 3 aromatic rings. The van der Waals surface area contributed by atoms with E-state index in [2.05, 4.69) is 5.10 Å². The van der Waals surface area contributed by atoms with Crippen LogP contribution in [0, 0.1) is 5.82 Å². The summed E-state index contributed by atoms with van der Waals surface area (Å²) in [7, 11) is 3.23. The molecule has 0 aliphatic carbocycles. The number of aromatic nitrogens is 2. The van der Waals surface area contributed by atoms with E-state index in [0.29, 0.717) is 5.82 Å². The first-order valence-electron chi connectivity index (χ1n) is 6.32. The van der Waals surface area contributed by atoms with Gasteiger partial charge >= 0.3 is 0 Å². The molecule has 0 unspecified atom stereocenters. The van der Waals surface area contributed by atoms with Crippen molar-refractivity contribution in [1.29, 1.82) is 0 Å². The third kappa shape index (κ3) is 2.27. The van der Waals surface area contributed by atoms with E-state index in [9.17, 15) is 4.39 Å². The van der Waals surface area contributed by atoms with E-state index in [1.165, 1.54) is 13.2 Å². The van der Waals surface area contributed by atoms with Crippen molar-refractivity contribution < 1.29 is 9.13 Å². The van der Waals surface area contributed by atoms with Gasteiger partial charge in [-0.3, -0.25) is 4.68 Å². The van der Waals surface area contributed by atoms with Crippen LogP contribution < -0.4 is 10.5 Å². The second-order valence-electron chi connectivity index (χ2n) is 4.56. The maximum Gasteiger partial charge on any atom is 0.165 e. The highest BCUT2D eigenvalue weighted by atomic mass is 32.1. The van der Waals surface area contributed by atoms with Crippen LogP contribution in [0.1, 0.15) is 0 Å². The number of benzene rings is 1. The Bertz CT molecular complexity index is 781. The van der Waals surface area contributed by atoms with Gasteiger partial charge in [0.2, 0.25) is 0 Å². The highest BCUT2D eigenvalue weighted by molar-refractivity contribution is 7.13. The van der Waals surface area contributed by atoms with Crippen LogP contribution in [0.5, 0.6) is 5.75 Å². The van der Waals surface area contributed by atoms with E-state index < -0.39 is 5.82 Å². The molecule has 0 amide bonds. The molecular formula is C15H14FN3OS. The molecule has 2 N–H and O–H groups in total. The fourth-order valence-electron chi connectivity index (χ4n) is 2.21. The lowest BCUT2D eigenvalue weighted by Gasteiger charge is -2.05. The molecule has 2 aromatic heterocycles. The summed E-state index contributed by atoms with van der Waals surface area (Å²) in [5.41, 5.74) is 8.48. The fraction of sp³-hybridized carbons (Fsp3) is 0.133. The molecule has 0 atom stereocenters.